The lowest BCUT2D eigenvalue weighted by molar-refractivity contribution is -0.149. The molecule has 4 rings (SSSR count). The van der Waals surface area contributed by atoms with Crippen molar-refractivity contribution in [3.05, 3.63) is 62.9 Å². The van der Waals surface area contributed by atoms with Crippen molar-refractivity contribution in [2.75, 3.05) is 6.61 Å². The minimum Gasteiger partial charge on any atom is -0.462 e. The van der Waals surface area contributed by atoms with Gasteiger partial charge in [-0.2, -0.15) is 5.09 Å². The zero-order chi connectivity index (χ0) is 29.5. The maximum absolute atomic E-state index is 15.4. The van der Waals surface area contributed by atoms with Crippen LogP contribution < -0.4 is 20.9 Å². The van der Waals surface area contributed by atoms with Crippen LogP contribution in [0.3, 0.4) is 0 Å². The molecule has 1 saturated carbocycles. The first-order valence-corrected chi connectivity index (χ1v) is 14.6. The first-order valence-electron chi connectivity index (χ1n) is 12.7. The molecule has 2 heterocycles. The third-order valence-corrected chi connectivity index (χ3v) is 8.76. The second-order valence-electron chi connectivity index (χ2n) is 10.5. The Bertz CT molecular complexity index is 1410. The van der Waals surface area contributed by atoms with Crippen molar-refractivity contribution < 1.29 is 37.4 Å². The number of ether oxygens (including phenoxy) is 2. The highest BCUT2D eigenvalue weighted by Gasteiger charge is 2.58. The van der Waals surface area contributed by atoms with Crippen LogP contribution in [0.2, 0.25) is 0 Å². The van der Waals surface area contributed by atoms with Crippen LogP contribution in [0.25, 0.3) is 0 Å². The highest BCUT2D eigenvalue weighted by Crippen LogP contribution is 2.51. The molecule has 0 bridgehead atoms. The van der Waals surface area contributed by atoms with Crippen LogP contribution in [-0.4, -0.2) is 56.7 Å². The maximum Gasteiger partial charge on any atom is 0.459 e. The van der Waals surface area contributed by atoms with Crippen LogP contribution in [-0.2, 0) is 28.8 Å². The number of alkyl halides is 2. The molecule has 0 spiro atoms. The Labute approximate surface area is 234 Å². The zero-order valence-corrected chi connectivity index (χ0v) is 24.0. The Hall–Kier alpha value is -2.54. The molecule has 1 aliphatic carbocycles. The molecule has 1 aromatic heterocycles. The molecular formula is C25H32ClFN3O9P. The molecule has 40 heavy (non-hydrogen) atoms. The Morgan fingerprint density at radius 2 is 2.02 bits per heavy atom. The van der Waals surface area contributed by atoms with Gasteiger partial charge in [0.1, 0.15) is 24.0 Å². The molecule has 0 radical (unpaired) electrons. The Kier molecular flexibility index (Phi) is 8.66. The van der Waals surface area contributed by atoms with Crippen LogP contribution >= 0.6 is 19.3 Å². The molecule has 15 heteroatoms. The van der Waals surface area contributed by atoms with Crippen LogP contribution in [0.5, 0.6) is 5.75 Å². The number of aromatic nitrogens is 2. The van der Waals surface area contributed by atoms with Gasteiger partial charge in [-0.15, -0.1) is 0 Å². The van der Waals surface area contributed by atoms with E-state index in [2.05, 4.69) is 12.0 Å². The summed E-state index contributed by atoms with van der Waals surface area (Å²) in [7, 11) is -4.40. The minimum absolute atomic E-state index is 0.0204. The number of benzene rings is 1. The predicted octanol–water partition coefficient (Wildman–Crippen LogP) is 2.88. The van der Waals surface area contributed by atoms with Crippen LogP contribution in [0.4, 0.5) is 4.39 Å². The molecule has 1 aromatic carbocycles. The van der Waals surface area contributed by atoms with Gasteiger partial charge in [0.2, 0.25) is 0 Å². The third kappa shape index (κ3) is 6.67. The number of aliphatic hydroxyl groups excluding tert-OH is 1. The zero-order valence-electron chi connectivity index (χ0n) is 22.3. The SMILES string of the molecule is CC(C)OC(=O)[C@H](C)NP(=O)(OC[C@H]1O[C@@H](n2ccc(=O)[nH]c2=O)[C@@](F)(Cl)[C@@H]1O)Oc1cccc(C2(C)CC2)c1. The minimum atomic E-state index is -4.40. The van der Waals surface area contributed by atoms with E-state index in [1.54, 1.807) is 32.0 Å². The molecule has 1 saturated heterocycles. The number of carbonyl (C=O) groups excluding carboxylic acids is 1. The van der Waals surface area contributed by atoms with E-state index in [0.717, 1.165) is 30.7 Å². The Balaban J connectivity index is 1.55. The molecule has 1 unspecified atom stereocenters. The third-order valence-electron chi connectivity index (χ3n) is 6.71. The molecule has 2 aliphatic rings. The number of esters is 1. The second-order valence-corrected chi connectivity index (χ2v) is 12.7. The molecule has 2 fully saturated rings. The average molecular weight is 604 g/mol. The van der Waals surface area contributed by atoms with E-state index in [1.807, 2.05) is 11.1 Å². The van der Waals surface area contributed by atoms with E-state index >= 15 is 4.39 Å². The number of aliphatic hydroxyl groups is 1. The molecule has 12 nitrogen and oxygen atoms in total. The summed E-state index contributed by atoms with van der Waals surface area (Å²) in [5.41, 5.74) is -0.802. The van der Waals surface area contributed by atoms with E-state index in [9.17, 15) is 24.1 Å². The van der Waals surface area contributed by atoms with Crippen molar-refractivity contribution in [1.29, 1.82) is 0 Å². The fraction of sp³-hybridized carbons (Fsp3) is 0.560. The summed E-state index contributed by atoms with van der Waals surface area (Å²) < 4.78 is 51.9. The second kappa shape index (κ2) is 11.4. The molecule has 1 aliphatic heterocycles. The van der Waals surface area contributed by atoms with Crippen molar-refractivity contribution >= 4 is 25.3 Å². The van der Waals surface area contributed by atoms with Crippen LogP contribution in [0, 0.1) is 0 Å². The number of hydrogen-bond donors (Lipinski definition) is 3. The molecule has 220 valence electrons. The molecule has 2 aromatic rings. The van der Waals surface area contributed by atoms with Crippen molar-refractivity contribution in [1.82, 2.24) is 14.6 Å². The fourth-order valence-corrected chi connectivity index (χ4v) is 5.94. The quantitative estimate of drug-likeness (QED) is 0.198. The lowest BCUT2D eigenvalue weighted by Gasteiger charge is -2.25. The van der Waals surface area contributed by atoms with Gasteiger partial charge in [0.25, 0.3) is 10.7 Å². The number of nitrogens with zero attached hydrogens (tertiary/aromatic N) is 1. The maximum atomic E-state index is 15.4. The van der Waals surface area contributed by atoms with Gasteiger partial charge in [0.05, 0.1) is 12.7 Å². The summed E-state index contributed by atoms with van der Waals surface area (Å²) in [5, 5.41) is 10.1. The highest BCUT2D eigenvalue weighted by molar-refractivity contribution is 7.52. The summed E-state index contributed by atoms with van der Waals surface area (Å²) >= 11 is 5.92. The van der Waals surface area contributed by atoms with Gasteiger partial charge >= 0.3 is 19.4 Å². The van der Waals surface area contributed by atoms with Crippen LogP contribution in [0.1, 0.15) is 52.3 Å². The number of aromatic amines is 1. The largest absolute Gasteiger partial charge is 0.462 e. The summed E-state index contributed by atoms with van der Waals surface area (Å²) in [6, 6.07) is 6.74. The van der Waals surface area contributed by atoms with E-state index in [4.69, 9.17) is 30.1 Å². The number of nitrogens with one attached hydrogen (secondary N) is 2. The first-order chi connectivity index (χ1) is 18.6. The van der Waals surface area contributed by atoms with Crippen molar-refractivity contribution in [3.63, 3.8) is 0 Å². The van der Waals surface area contributed by atoms with Crippen molar-refractivity contribution in [2.45, 2.75) is 81.7 Å². The van der Waals surface area contributed by atoms with Crippen molar-refractivity contribution in [2.24, 2.45) is 0 Å². The Morgan fingerprint density at radius 1 is 1.32 bits per heavy atom. The van der Waals surface area contributed by atoms with Gasteiger partial charge in [0.15, 0.2) is 6.23 Å². The lowest BCUT2D eigenvalue weighted by Crippen LogP contribution is -2.42. The van der Waals surface area contributed by atoms with E-state index < -0.39 is 67.3 Å². The Morgan fingerprint density at radius 3 is 2.65 bits per heavy atom. The standard InChI is InChI=1S/C25H32ClFN3O9P/c1-14(2)37-21(33)15(3)29-40(35,39-17-7-5-6-16(12-17)24(4)9-10-24)36-13-18-20(32)25(26,27)22(38-18)30-11-8-19(31)28-23(30)34/h5-8,11-12,14-15,18,20,22,32H,9-10,13H2,1-4H3,(H,29,35)(H,28,31,34)/t15-,18+,20+,22+,25+,40?/m0/s1. The summed E-state index contributed by atoms with van der Waals surface area (Å²) in [6.45, 7) is 6.07. The van der Waals surface area contributed by atoms with Crippen molar-refractivity contribution in [3.8, 4) is 5.75 Å². The van der Waals surface area contributed by atoms with Gasteiger partial charge in [-0.3, -0.25) is 23.7 Å². The molecular weight excluding hydrogens is 572 g/mol. The van der Waals surface area contributed by atoms with Gasteiger partial charge in [-0.1, -0.05) is 30.7 Å². The van der Waals surface area contributed by atoms with Gasteiger partial charge in [-0.25, -0.2) is 13.8 Å². The number of halogens is 2. The number of carbonyl (C=O) groups is 1. The van der Waals surface area contributed by atoms with E-state index in [-0.39, 0.29) is 11.2 Å². The number of rotatable bonds is 11. The molecule has 6 atom stereocenters. The first kappa shape index (κ1) is 30.4. The summed E-state index contributed by atoms with van der Waals surface area (Å²) in [6.07, 6.45) is -2.94. The topological polar surface area (TPSA) is 158 Å². The average Bonchev–Trinajstić information content (AvgIpc) is 3.57. The van der Waals surface area contributed by atoms with Gasteiger partial charge in [0, 0.05) is 12.3 Å². The number of H-pyrrole nitrogens is 1. The van der Waals surface area contributed by atoms with E-state index in [0.29, 0.717) is 4.57 Å². The number of hydrogen-bond acceptors (Lipinski definition) is 9. The van der Waals surface area contributed by atoms with Gasteiger partial charge in [-0.05, 0) is 56.7 Å². The molecule has 3 N–H and O–H groups in total. The predicted molar refractivity (Wildman–Crippen MR) is 142 cm³/mol. The van der Waals surface area contributed by atoms with Gasteiger partial charge < -0.3 is 19.1 Å². The summed E-state index contributed by atoms with van der Waals surface area (Å²) in [5.74, 6) is -0.534. The van der Waals surface area contributed by atoms with Crippen LogP contribution in [0.15, 0.2) is 46.1 Å². The fourth-order valence-electron chi connectivity index (χ4n) is 4.15. The smallest absolute Gasteiger partial charge is 0.459 e. The summed E-state index contributed by atoms with van der Waals surface area (Å²) in [4.78, 5) is 37.9. The lowest BCUT2D eigenvalue weighted by atomic mass is 9.98. The van der Waals surface area contributed by atoms with E-state index in [1.165, 1.54) is 6.92 Å². The normalized spacial score (nSPS) is 27.6. The molecule has 0 amide bonds. The monoisotopic (exact) mass is 603 g/mol. The highest BCUT2D eigenvalue weighted by atomic mass is 35.5.